The fourth-order valence-electron chi connectivity index (χ4n) is 2.79. The molecule has 0 spiro atoms. The number of thioether (sulfide) groups is 1. The zero-order chi connectivity index (χ0) is 19.6. The van der Waals surface area contributed by atoms with Crippen LogP contribution in [0.15, 0.2) is 47.5 Å². The molecule has 0 unspecified atom stereocenters. The SMILES string of the molecule is CC(C)Sc1ccc2nccc(Nc3cc(N)c(C=N)cc3C(N)=O)c2c1. The maximum atomic E-state index is 11.9. The molecule has 0 bridgehead atoms. The normalized spacial score (nSPS) is 10.9. The predicted octanol–water partition coefficient (Wildman–Crippen LogP) is 4.16. The van der Waals surface area contributed by atoms with Crippen LogP contribution in [0.2, 0.25) is 0 Å². The highest BCUT2D eigenvalue weighted by Crippen LogP contribution is 2.32. The van der Waals surface area contributed by atoms with Crippen LogP contribution in [-0.2, 0) is 0 Å². The van der Waals surface area contributed by atoms with Gasteiger partial charge in [0, 0.05) is 44.9 Å². The van der Waals surface area contributed by atoms with Crippen molar-refractivity contribution in [1.29, 1.82) is 5.41 Å². The summed E-state index contributed by atoms with van der Waals surface area (Å²) in [7, 11) is 0. The van der Waals surface area contributed by atoms with Crippen LogP contribution in [0.3, 0.4) is 0 Å². The van der Waals surface area contributed by atoms with Gasteiger partial charge in [-0.25, -0.2) is 0 Å². The molecule has 3 aromatic rings. The van der Waals surface area contributed by atoms with Gasteiger partial charge in [-0.2, -0.15) is 0 Å². The van der Waals surface area contributed by atoms with Crippen molar-refractivity contribution < 1.29 is 4.79 Å². The highest BCUT2D eigenvalue weighted by Gasteiger charge is 2.13. The van der Waals surface area contributed by atoms with E-state index in [1.54, 1.807) is 24.0 Å². The fourth-order valence-corrected chi connectivity index (χ4v) is 3.67. The minimum atomic E-state index is -0.588. The van der Waals surface area contributed by atoms with Gasteiger partial charge in [-0.3, -0.25) is 9.78 Å². The van der Waals surface area contributed by atoms with E-state index in [1.807, 2.05) is 12.1 Å². The standard InChI is InChI=1S/C20H21N5OS/c1-11(2)27-13-3-4-17-14(8-13)18(5-6-24-17)25-19-9-16(22)12(10-21)7-15(19)20(23)26/h3-11,21H,22H2,1-2H3,(H2,23,26)(H,24,25). The van der Waals surface area contributed by atoms with Crippen LogP contribution >= 0.6 is 11.8 Å². The Hall–Kier alpha value is -3.06. The van der Waals surface area contributed by atoms with Gasteiger partial charge in [-0.05, 0) is 36.4 Å². The molecule has 0 saturated carbocycles. The highest BCUT2D eigenvalue weighted by atomic mass is 32.2. The second kappa shape index (κ2) is 7.67. The monoisotopic (exact) mass is 379 g/mol. The quantitative estimate of drug-likeness (QED) is 0.291. The Labute approximate surface area is 161 Å². The van der Waals surface area contributed by atoms with Crippen molar-refractivity contribution in [2.45, 2.75) is 24.0 Å². The van der Waals surface area contributed by atoms with Gasteiger partial charge >= 0.3 is 0 Å². The van der Waals surface area contributed by atoms with Crippen molar-refractivity contribution in [3.05, 3.63) is 53.7 Å². The molecule has 6 nitrogen and oxygen atoms in total. The number of aromatic nitrogens is 1. The van der Waals surface area contributed by atoms with E-state index in [0.29, 0.717) is 22.2 Å². The van der Waals surface area contributed by atoms with E-state index < -0.39 is 5.91 Å². The second-order valence-corrected chi connectivity index (χ2v) is 8.01. The molecular formula is C20H21N5OS. The third-order valence-corrected chi connectivity index (χ3v) is 5.00. The average molecular weight is 379 g/mol. The number of benzene rings is 2. The molecule has 0 radical (unpaired) electrons. The molecule has 0 atom stereocenters. The second-order valence-electron chi connectivity index (χ2n) is 6.36. The van der Waals surface area contributed by atoms with Crippen LogP contribution in [0.1, 0.15) is 29.8 Å². The summed E-state index contributed by atoms with van der Waals surface area (Å²) in [5.41, 5.74) is 14.8. The van der Waals surface area contributed by atoms with Gasteiger partial charge in [-0.1, -0.05) is 13.8 Å². The molecule has 0 aliphatic carbocycles. The fraction of sp³-hybridized carbons (Fsp3) is 0.150. The summed E-state index contributed by atoms with van der Waals surface area (Å²) < 4.78 is 0. The molecule has 7 heteroatoms. The number of carbonyl (C=O) groups excluding carboxylic acids is 1. The van der Waals surface area contributed by atoms with Gasteiger partial charge in [0.05, 0.1) is 16.8 Å². The van der Waals surface area contributed by atoms with Crippen LogP contribution in [0.25, 0.3) is 10.9 Å². The van der Waals surface area contributed by atoms with Crippen molar-refractivity contribution in [3.63, 3.8) is 0 Å². The summed E-state index contributed by atoms with van der Waals surface area (Å²) in [6.07, 6.45) is 2.81. The predicted molar refractivity (Wildman–Crippen MR) is 113 cm³/mol. The number of rotatable bonds is 6. The lowest BCUT2D eigenvalue weighted by Gasteiger charge is -2.15. The zero-order valence-corrected chi connectivity index (χ0v) is 15.9. The molecule has 0 aliphatic heterocycles. The van der Waals surface area contributed by atoms with E-state index in [-0.39, 0.29) is 5.56 Å². The van der Waals surface area contributed by atoms with Gasteiger partial charge < -0.3 is 22.2 Å². The van der Waals surface area contributed by atoms with E-state index >= 15 is 0 Å². The van der Waals surface area contributed by atoms with E-state index in [1.165, 1.54) is 6.07 Å². The Morgan fingerprint density at radius 2 is 2.00 bits per heavy atom. The lowest BCUT2D eigenvalue weighted by Crippen LogP contribution is -2.14. The van der Waals surface area contributed by atoms with E-state index in [9.17, 15) is 4.79 Å². The Balaban J connectivity index is 2.10. The minimum absolute atomic E-state index is 0.278. The molecule has 1 heterocycles. The van der Waals surface area contributed by atoms with Gasteiger partial charge in [-0.15, -0.1) is 11.8 Å². The smallest absolute Gasteiger partial charge is 0.250 e. The summed E-state index contributed by atoms with van der Waals surface area (Å²) in [5.74, 6) is -0.588. The van der Waals surface area contributed by atoms with Crippen molar-refractivity contribution in [3.8, 4) is 0 Å². The summed E-state index contributed by atoms with van der Waals surface area (Å²) in [4.78, 5) is 17.4. The maximum absolute atomic E-state index is 11.9. The molecular weight excluding hydrogens is 358 g/mol. The molecule has 2 aromatic carbocycles. The number of fused-ring (bicyclic) bond motifs is 1. The first-order chi connectivity index (χ1) is 12.9. The first-order valence-corrected chi connectivity index (χ1v) is 9.33. The van der Waals surface area contributed by atoms with E-state index in [0.717, 1.165) is 27.7 Å². The third-order valence-electron chi connectivity index (χ3n) is 4.00. The van der Waals surface area contributed by atoms with Crippen molar-refractivity contribution in [2.24, 2.45) is 5.73 Å². The minimum Gasteiger partial charge on any atom is -0.398 e. The number of nitrogens with two attached hydrogens (primary N) is 2. The highest BCUT2D eigenvalue weighted by molar-refractivity contribution is 7.99. The maximum Gasteiger partial charge on any atom is 0.250 e. The summed E-state index contributed by atoms with van der Waals surface area (Å²) >= 11 is 1.77. The topological polar surface area (TPSA) is 118 Å². The Morgan fingerprint density at radius 3 is 2.67 bits per heavy atom. The van der Waals surface area contributed by atoms with Crippen LogP contribution in [-0.4, -0.2) is 22.4 Å². The Bertz CT molecular complexity index is 1030. The van der Waals surface area contributed by atoms with Gasteiger partial charge in [0.1, 0.15) is 0 Å². The number of amides is 1. The van der Waals surface area contributed by atoms with Gasteiger partial charge in [0.25, 0.3) is 5.91 Å². The average Bonchev–Trinajstić information content (AvgIpc) is 2.61. The number of hydrogen-bond acceptors (Lipinski definition) is 6. The number of hydrogen-bond donors (Lipinski definition) is 4. The number of anilines is 3. The third kappa shape index (κ3) is 4.03. The van der Waals surface area contributed by atoms with Crippen LogP contribution in [0.4, 0.5) is 17.1 Å². The molecule has 6 N–H and O–H groups in total. The van der Waals surface area contributed by atoms with Crippen molar-refractivity contribution in [1.82, 2.24) is 4.98 Å². The van der Waals surface area contributed by atoms with E-state index in [2.05, 4.69) is 36.3 Å². The van der Waals surface area contributed by atoms with Gasteiger partial charge in [0.2, 0.25) is 0 Å². The molecule has 1 amide bonds. The first kappa shape index (κ1) is 18.7. The summed E-state index contributed by atoms with van der Waals surface area (Å²) in [6, 6.07) is 11.1. The number of nitrogen functional groups attached to an aromatic ring is 1. The molecule has 0 saturated heterocycles. The molecule has 27 heavy (non-hydrogen) atoms. The number of primary amides is 1. The number of carbonyl (C=O) groups is 1. The summed E-state index contributed by atoms with van der Waals surface area (Å²) in [5, 5.41) is 12.1. The van der Waals surface area contributed by atoms with Crippen LogP contribution in [0, 0.1) is 5.41 Å². The number of nitrogens with zero attached hydrogens (tertiary/aromatic N) is 1. The summed E-state index contributed by atoms with van der Waals surface area (Å²) in [6.45, 7) is 4.29. The van der Waals surface area contributed by atoms with Crippen LogP contribution in [0.5, 0.6) is 0 Å². The lowest BCUT2D eigenvalue weighted by atomic mass is 10.1. The number of pyridine rings is 1. The Morgan fingerprint density at radius 1 is 1.22 bits per heavy atom. The molecule has 3 rings (SSSR count). The van der Waals surface area contributed by atoms with E-state index in [4.69, 9.17) is 16.9 Å². The molecule has 1 aromatic heterocycles. The van der Waals surface area contributed by atoms with Crippen LogP contribution < -0.4 is 16.8 Å². The lowest BCUT2D eigenvalue weighted by molar-refractivity contribution is 0.100. The van der Waals surface area contributed by atoms with Crippen molar-refractivity contribution in [2.75, 3.05) is 11.1 Å². The van der Waals surface area contributed by atoms with Gasteiger partial charge in [0.15, 0.2) is 0 Å². The number of nitrogens with one attached hydrogen (secondary N) is 2. The first-order valence-electron chi connectivity index (χ1n) is 8.45. The molecule has 0 aliphatic rings. The Kier molecular flexibility index (Phi) is 5.32. The molecule has 0 fully saturated rings. The largest absolute Gasteiger partial charge is 0.398 e. The zero-order valence-electron chi connectivity index (χ0n) is 15.1. The molecule has 138 valence electrons. The van der Waals surface area contributed by atoms with Crippen molar-refractivity contribution >= 4 is 51.8 Å².